The molecular formula is C19H26N4O2. The summed E-state index contributed by atoms with van der Waals surface area (Å²) in [7, 11) is 0. The smallest absolute Gasteiger partial charge is 0.331 e. The topological polar surface area (TPSA) is 71.2 Å². The second-order valence-electron chi connectivity index (χ2n) is 7.87. The summed E-state index contributed by atoms with van der Waals surface area (Å²) in [5.41, 5.74) is 1.03. The lowest BCUT2D eigenvalue weighted by Crippen LogP contribution is -2.51. The van der Waals surface area contributed by atoms with E-state index in [0.29, 0.717) is 12.8 Å². The molecule has 0 saturated carbocycles. The van der Waals surface area contributed by atoms with Gasteiger partial charge in [0, 0.05) is 43.6 Å². The molecule has 0 radical (unpaired) electrons. The minimum Gasteiger partial charge on any atom is -0.479 e. The molecule has 6 heteroatoms. The molecule has 1 aliphatic heterocycles. The first-order valence-electron chi connectivity index (χ1n) is 8.72. The SMILES string of the molecule is CC(C)(C)c1ccn(C2(C(=O)O)CCN(Cc3cccnc3)CC2)n1. The number of piperidine rings is 1. The van der Waals surface area contributed by atoms with Crippen LogP contribution in [0, 0.1) is 0 Å². The van der Waals surface area contributed by atoms with Crippen molar-refractivity contribution >= 4 is 5.97 Å². The van der Waals surface area contributed by atoms with E-state index in [1.807, 2.05) is 24.5 Å². The second-order valence-corrected chi connectivity index (χ2v) is 7.87. The number of aromatic nitrogens is 3. The Morgan fingerprint density at radius 3 is 2.52 bits per heavy atom. The maximum atomic E-state index is 12.1. The van der Waals surface area contributed by atoms with Gasteiger partial charge in [-0.1, -0.05) is 26.8 Å². The molecular weight excluding hydrogens is 316 g/mol. The highest BCUT2D eigenvalue weighted by Crippen LogP contribution is 2.32. The summed E-state index contributed by atoms with van der Waals surface area (Å²) < 4.78 is 1.68. The summed E-state index contributed by atoms with van der Waals surface area (Å²) in [6.45, 7) is 8.52. The van der Waals surface area contributed by atoms with Crippen molar-refractivity contribution in [3.05, 3.63) is 48.0 Å². The number of nitrogens with zero attached hydrogens (tertiary/aromatic N) is 4. The lowest BCUT2D eigenvalue weighted by atomic mass is 9.87. The molecule has 3 heterocycles. The molecule has 6 nitrogen and oxygen atoms in total. The predicted molar refractivity (Wildman–Crippen MR) is 95.3 cm³/mol. The second kappa shape index (κ2) is 6.59. The molecule has 3 rings (SSSR count). The van der Waals surface area contributed by atoms with Crippen LogP contribution in [-0.2, 0) is 22.3 Å². The van der Waals surface area contributed by atoms with Crippen LogP contribution < -0.4 is 0 Å². The van der Waals surface area contributed by atoms with Crippen molar-refractivity contribution in [1.82, 2.24) is 19.7 Å². The molecule has 1 aliphatic rings. The Bertz CT molecular complexity index is 725. The number of carboxylic acid groups (broad SMARTS) is 1. The Hall–Kier alpha value is -2.21. The van der Waals surface area contributed by atoms with Crippen molar-refractivity contribution in [3.63, 3.8) is 0 Å². The van der Waals surface area contributed by atoms with Gasteiger partial charge in [-0.3, -0.25) is 14.6 Å². The standard InChI is InChI=1S/C19H26N4O2/c1-18(2,3)16-6-10-23(21-16)19(17(24)25)7-11-22(12-8-19)14-15-5-4-9-20-13-15/h4-6,9-10,13H,7-8,11-12,14H2,1-3H3,(H,24,25). The van der Waals surface area contributed by atoms with Gasteiger partial charge in [0.1, 0.15) is 0 Å². The Labute approximate surface area is 148 Å². The van der Waals surface area contributed by atoms with Crippen LogP contribution in [0.1, 0.15) is 44.9 Å². The number of likely N-dealkylation sites (tertiary alicyclic amines) is 1. The van der Waals surface area contributed by atoms with E-state index < -0.39 is 11.5 Å². The van der Waals surface area contributed by atoms with Gasteiger partial charge in [-0.25, -0.2) is 4.79 Å². The van der Waals surface area contributed by atoms with Crippen LogP contribution in [0.2, 0.25) is 0 Å². The zero-order valence-electron chi connectivity index (χ0n) is 15.1. The monoisotopic (exact) mass is 342 g/mol. The molecule has 0 unspecified atom stereocenters. The van der Waals surface area contributed by atoms with Crippen LogP contribution in [0.5, 0.6) is 0 Å². The van der Waals surface area contributed by atoms with E-state index in [9.17, 15) is 9.90 Å². The van der Waals surface area contributed by atoms with Crippen LogP contribution in [0.15, 0.2) is 36.8 Å². The van der Waals surface area contributed by atoms with Gasteiger partial charge in [-0.05, 0) is 30.5 Å². The van der Waals surface area contributed by atoms with Gasteiger partial charge < -0.3 is 5.11 Å². The van der Waals surface area contributed by atoms with Crippen molar-refractivity contribution in [2.45, 2.75) is 51.1 Å². The minimum absolute atomic E-state index is 0.0913. The first kappa shape index (κ1) is 17.6. The number of rotatable bonds is 4. The molecule has 25 heavy (non-hydrogen) atoms. The van der Waals surface area contributed by atoms with Crippen molar-refractivity contribution in [2.24, 2.45) is 0 Å². The molecule has 2 aromatic rings. The fourth-order valence-electron chi connectivity index (χ4n) is 3.33. The molecule has 0 bridgehead atoms. The molecule has 1 fully saturated rings. The largest absolute Gasteiger partial charge is 0.479 e. The molecule has 1 saturated heterocycles. The summed E-state index contributed by atoms with van der Waals surface area (Å²) >= 11 is 0. The third kappa shape index (κ3) is 3.58. The molecule has 134 valence electrons. The fourth-order valence-corrected chi connectivity index (χ4v) is 3.33. The molecule has 0 amide bonds. The van der Waals surface area contributed by atoms with Crippen molar-refractivity contribution in [3.8, 4) is 0 Å². The van der Waals surface area contributed by atoms with Crippen LogP contribution in [-0.4, -0.2) is 43.8 Å². The van der Waals surface area contributed by atoms with E-state index >= 15 is 0 Å². The van der Waals surface area contributed by atoms with Crippen LogP contribution in [0.4, 0.5) is 0 Å². The van der Waals surface area contributed by atoms with Gasteiger partial charge in [0.25, 0.3) is 0 Å². The maximum absolute atomic E-state index is 12.1. The molecule has 0 spiro atoms. The summed E-state index contributed by atoms with van der Waals surface area (Å²) in [5.74, 6) is -0.794. The number of hydrogen-bond donors (Lipinski definition) is 1. The Morgan fingerprint density at radius 2 is 2.00 bits per heavy atom. The Kier molecular flexibility index (Phi) is 4.64. The van der Waals surface area contributed by atoms with Crippen molar-refractivity contribution in [2.75, 3.05) is 13.1 Å². The summed E-state index contributed by atoms with van der Waals surface area (Å²) in [5, 5.41) is 14.6. The number of carboxylic acids is 1. The van der Waals surface area contributed by atoms with Gasteiger partial charge in [0.2, 0.25) is 0 Å². The Morgan fingerprint density at radius 1 is 1.28 bits per heavy atom. The van der Waals surface area contributed by atoms with E-state index in [0.717, 1.165) is 30.9 Å². The molecule has 0 aliphatic carbocycles. The molecule has 0 atom stereocenters. The van der Waals surface area contributed by atoms with E-state index in [1.54, 1.807) is 10.9 Å². The van der Waals surface area contributed by atoms with E-state index in [2.05, 4.69) is 41.8 Å². The highest BCUT2D eigenvalue weighted by atomic mass is 16.4. The average molecular weight is 342 g/mol. The normalized spacial score (nSPS) is 18.2. The lowest BCUT2D eigenvalue weighted by molar-refractivity contribution is -0.151. The number of carbonyl (C=O) groups is 1. The van der Waals surface area contributed by atoms with Gasteiger partial charge in [-0.15, -0.1) is 0 Å². The van der Waals surface area contributed by atoms with Gasteiger partial charge in [0.15, 0.2) is 5.54 Å². The lowest BCUT2D eigenvalue weighted by Gasteiger charge is -2.39. The zero-order chi connectivity index (χ0) is 18.1. The number of pyridine rings is 1. The van der Waals surface area contributed by atoms with Gasteiger partial charge >= 0.3 is 5.97 Å². The van der Waals surface area contributed by atoms with Crippen molar-refractivity contribution in [1.29, 1.82) is 0 Å². The summed E-state index contributed by atoms with van der Waals surface area (Å²) in [6.07, 6.45) is 6.55. The number of aliphatic carboxylic acids is 1. The highest BCUT2D eigenvalue weighted by Gasteiger charge is 2.44. The third-order valence-corrected chi connectivity index (χ3v) is 5.01. The molecule has 0 aromatic carbocycles. The zero-order valence-corrected chi connectivity index (χ0v) is 15.1. The average Bonchev–Trinajstić information content (AvgIpc) is 3.07. The first-order chi connectivity index (χ1) is 11.8. The summed E-state index contributed by atoms with van der Waals surface area (Å²) in [6, 6.07) is 5.92. The third-order valence-electron chi connectivity index (χ3n) is 5.01. The Balaban J connectivity index is 1.75. The molecule has 1 N–H and O–H groups in total. The van der Waals surface area contributed by atoms with Crippen LogP contribution >= 0.6 is 0 Å². The number of hydrogen-bond acceptors (Lipinski definition) is 4. The quantitative estimate of drug-likeness (QED) is 0.925. The van der Waals surface area contributed by atoms with Gasteiger partial charge in [-0.2, -0.15) is 5.10 Å². The van der Waals surface area contributed by atoms with Crippen LogP contribution in [0.3, 0.4) is 0 Å². The highest BCUT2D eigenvalue weighted by molar-refractivity contribution is 5.76. The fraction of sp³-hybridized carbons (Fsp3) is 0.526. The predicted octanol–water partition coefficient (Wildman–Crippen LogP) is 2.65. The van der Waals surface area contributed by atoms with E-state index in [-0.39, 0.29) is 5.41 Å². The van der Waals surface area contributed by atoms with Crippen molar-refractivity contribution < 1.29 is 9.90 Å². The van der Waals surface area contributed by atoms with E-state index in [4.69, 9.17) is 0 Å². The summed E-state index contributed by atoms with van der Waals surface area (Å²) in [4.78, 5) is 18.5. The van der Waals surface area contributed by atoms with Crippen LogP contribution in [0.25, 0.3) is 0 Å². The van der Waals surface area contributed by atoms with E-state index in [1.165, 1.54) is 0 Å². The van der Waals surface area contributed by atoms with Gasteiger partial charge in [0.05, 0.1) is 5.69 Å². The first-order valence-corrected chi connectivity index (χ1v) is 8.72. The molecule has 2 aromatic heterocycles. The maximum Gasteiger partial charge on any atom is 0.331 e. The minimum atomic E-state index is -0.949.